The van der Waals surface area contributed by atoms with E-state index in [0.717, 1.165) is 85.3 Å². The van der Waals surface area contributed by atoms with E-state index >= 15 is 0 Å². The molecule has 0 saturated heterocycles. The lowest BCUT2D eigenvalue weighted by Crippen LogP contribution is -2.37. The second-order valence-corrected chi connectivity index (χ2v) is 35.6. The van der Waals surface area contributed by atoms with Crippen LogP contribution in [0.1, 0.15) is 89.7 Å². The lowest BCUT2D eigenvalue weighted by Gasteiger charge is -2.10. The minimum absolute atomic E-state index is 0.0894. The summed E-state index contributed by atoms with van der Waals surface area (Å²) in [5, 5.41) is 9.58. The predicted molar refractivity (Wildman–Crippen MR) is 528 cm³/mol. The zero-order valence-corrected chi connectivity index (χ0v) is 83.7. The molecule has 0 fully saturated rings. The minimum atomic E-state index is -0.509. The van der Waals surface area contributed by atoms with Crippen LogP contribution in [0, 0.1) is 0 Å². The summed E-state index contributed by atoms with van der Waals surface area (Å²) in [5.41, 5.74) is 4.92. The van der Waals surface area contributed by atoms with E-state index in [0.29, 0.717) is 103 Å². The van der Waals surface area contributed by atoms with Crippen molar-refractivity contribution >= 4 is 159 Å². The van der Waals surface area contributed by atoms with E-state index < -0.39 is 56.9 Å². The summed E-state index contributed by atoms with van der Waals surface area (Å²) < 4.78 is 40.3. The van der Waals surface area contributed by atoms with E-state index in [-0.39, 0.29) is 77.9 Å². The van der Waals surface area contributed by atoms with Crippen molar-refractivity contribution in [3.05, 3.63) is 347 Å². The monoisotopic (exact) mass is 2160 g/mol. The first-order valence-electron chi connectivity index (χ1n) is 42.2. The number of rotatable bonds is 24. The summed E-state index contributed by atoms with van der Waals surface area (Å²) in [6.07, 6.45) is 4.57. The molecular formula is C93H95Br5N20O17. The van der Waals surface area contributed by atoms with Gasteiger partial charge in [0, 0.05) is 144 Å². The zero-order valence-electron chi connectivity index (χ0n) is 75.8. The first-order valence-corrected chi connectivity index (χ1v) is 46.1. The van der Waals surface area contributed by atoms with Gasteiger partial charge < -0.3 is 42.2 Å². The van der Waals surface area contributed by atoms with Gasteiger partial charge in [-0.2, -0.15) is 0 Å². The van der Waals surface area contributed by atoms with Crippen LogP contribution in [-0.2, 0) is 164 Å². The van der Waals surface area contributed by atoms with Crippen molar-refractivity contribution in [1.29, 1.82) is 0 Å². The third-order valence-corrected chi connectivity index (χ3v) is 24.4. The molecule has 135 heavy (non-hydrogen) atoms. The quantitative estimate of drug-likeness (QED) is 0.0335. The number of esters is 3. The largest absolute Gasteiger partial charge is 0.466 e. The highest BCUT2D eigenvalue weighted by Gasteiger charge is 2.27. The van der Waals surface area contributed by atoms with Crippen LogP contribution in [0.4, 0.5) is 0 Å². The molecule has 16 rings (SSSR count). The Kier molecular flexibility index (Phi) is 32.9. The molecule has 16 aromatic rings. The fourth-order valence-electron chi connectivity index (χ4n) is 15.1. The van der Waals surface area contributed by atoms with Crippen molar-refractivity contribution < 1.29 is 33.7 Å². The summed E-state index contributed by atoms with van der Waals surface area (Å²) in [5.74, 6) is 1.17. The Morgan fingerprint density at radius 1 is 0.319 bits per heavy atom. The standard InChI is InChI=1S/C22H21BrN4O2.C19H21BrN4O4.C19H19BrN4O4.C18H19BrN4O4.C15H15BrN4O3/c1-25-20-19(21(28)26(2)22(25)29)27(14-16-9-6-10-17(23)13-16)18(24-20)12-11-15-7-4-3-5-8-15;2*1-4-28-15(25)9-8-14-21-17-16(18(26)23(3)19(27)22(17)2)24(14)11-12-6-5-7-13(20)10-12;1-4-27-14(24)9-13-20-16-15(17(25)22(3)18(26)21(16)2)23(13)10-11-6-5-7-12(19)8-11;1-18-13-12(14(22)19(2)15(18)23)20(11(8-21)17-13)7-9-4-3-5-10(16)6-9/h3-10,13H,11-12,14H2,1-2H3;5-7,10H,4,8-9,11H2,1-3H3;5-10H,4,11H2,1-3H3;5-8H,4,9-10H2,1-3H3;3-6,21H,7-8H2,1-2H3/b;;9-8+;;. The van der Waals surface area contributed by atoms with Crippen LogP contribution >= 0.6 is 79.6 Å². The smallest absolute Gasteiger partial charge is 0.332 e. The summed E-state index contributed by atoms with van der Waals surface area (Å²) in [6, 6.07) is 48.8. The van der Waals surface area contributed by atoms with Gasteiger partial charge in [0.05, 0.1) is 26.2 Å². The molecule has 0 bridgehead atoms. The molecular weight excluding hydrogens is 2070 g/mol. The Hall–Kier alpha value is -13.4. The molecule has 1 N–H and O–H groups in total. The van der Waals surface area contributed by atoms with Crippen molar-refractivity contribution in [1.82, 2.24) is 93.4 Å². The van der Waals surface area contributed by atoms with Crippen LogP contribution in [0.15, 0.2) is 228 Å². The molecule has 0 saturated carbocycles. The normalized spacial score (nSPS) is 11.3. The van der Waals surface area contributed by atoms with Gasteiger partial charge in [0.2, 0.25) is 0 Å². The number of aryl methyl sites for hydroxylation is 8. The molecule has 0 radical (unpaired) electrons. The maximum Gasteiger partial charge on any atom is 0.332 e. The van der Waals surface area contributed by atoms with Gasteiger partial charge in [0.1, 0.15) is 42.1 Å². The molecule has 0 atom stereocenters. The topological polar surface area (TPSA) is 408 Å². The number of carbonyl (C=O) groups excluding carboxylic acids is 3. The maximum absolute atomic E-state index is 12.9. The second kappa shape index (κ2) is 44.2. The highest BCUT2D eigenvalue weighted by Crippen LogP contribution is 2.26. The molecule has 37 nitrogen and oxygen atoms in total. The molecule has 6 aromatic carbocycles. The van der Waals surface area contributed by atoms with Gasteiger partial charge in [0.15, 0.2) is 55.8 Å². The van der Waals surface area contributed by atoms with Crippen molar-refractivity contribution in [2.75, 3.05) is 19.8 Å². The van der Waals surface area contributed by atoms with Crippen LogP contribution in [0.3, 0.4) is 0 Å². The van der Waals surface area contributed by atoms with Gasteiger partial charge in [-0.25, -0.2) is 53.7 Å². The molecule has 0 spiro atoms. The lowest BCUT2D eigenvalue weighted by atomic mass is 10.1. The molecule has 0 unspecified atom stereocenters. The highest BCUT2D eigenvalue weighted by molar-refractivity contribution is 9.11. The number of halogens is 5. The minimum Gasteiger partial charge on any atom is -0.466 e. The number of imidazole rings is 5. The van der Waals surface area contributed by atoms with Gasteiger partial charge in [-0.1, -0.05) is 171 Å². The number of ether oxygens (including phenoxy) is 3. The van der Waals surface area contributed by atoms with Crippen LogP contribution in [0.5, 0.6) is 0 Å². The van der Waals surface area contributed by atoms with Gasteiger partial charge >= 0.3 is 46.4 Å². The maximum atomic E-state index is 12.9. The van der Waals surface area contributed by atoms with Crippen molar-refractivity contribution in [3.8, 4) is 0 Å². The number of aromatic nitrogens is 20. The Labute approximate surface area is 809 Å². The summed E-state index contributed by atoms with van der Waals surface area (Å²) in [4.78, 5) is 183. The van der Waals surface area contributed by atoms with E-state index in [9.17, 15) is 67.4 Å². The Morgan fingerprint density at radius 2 is 0.600 bits per heavy atom. The van der Waals surface area contributed by atoms with Crippen molar-refractivity contribution in [2.45, 2.75) is 92.2 Å². The van der Waals surface area contributed by atoms with Gasteiger partial charge in [-0.3, -0.25) is 79.2 Å². The molecule has 704 valence electrons. The van der Waals surface area contributed by atoms with Crippen LogP contribution in [0.25, 0.3) is 61.9 Å². The molecule has 10 aromatic heterocycles. The van der Waals surface area contributed by atoms with E-state index in [4.69, 9.17) is 19.2 Å². The number of nitrogens with zero attached hydrogens (tertiary/aromatic N) is 20. The average molecular weight is 2160 g/mol. The molecule has 0 aliphatic heterocycles. The Bertz CT molecular complexity index is 7970. The van der Waals surface area contributed by atoms with E-state index in [2.05, 4.69) is 112 Å². The summed E-state index contributed by atoms with van der Waals surface area (Å²) in [7, 11) is 15.1. The zero-order chi connectivity index (χ0) is 97.8. The van der Waals surface area contributed by atoms with Gasteiger partial charge in [-0.15, -0.1) is 0 Å². The highest BCUT2D eigenvalue weighted by atomic mass is 79.9. The third kappa shape index (κ3) is 22.5. The third-order valence-electron chi connectivity index (χ3n) is 22.0. The molecule has 10 heterocycles. The first kappa shape index (κ1) is 101. The van der Waals surface area contributed by atoms with E-state index in [1.807, 2.05) is 144 Å². The SMILES string of the molecule is CCOC(=O)/C=C/c1nc2c(c(=O)n(C)c(=O)n2C)n1Cc1cccc(Br)c1.CCOC(=O)CCc1nc2c(c(=O)n(C)c(=O)n2C)n1Cc1cccc(Br)c1.CCOC(=O)Cc1nc2c(c(=O)n(C)c(=O)n2C)n1Cc1cccc(Br)c1.Cn1c(=O)c2c(nc(CCc3ccccc3)n2Cc2cccc(Br)c2)n(C)c1=O.Cn1c(=O)c2c(nc(CO)n2Cc2cccc(Br)c2)n(C)c1=O. The number of carbonyl (C=O) groups is 3. The Morgan fingerprint density at radius 3 is 0.933 bits per heavy atom. The van der Waals surface area contributed by atoms with E-state index in [1.165, 1.54) is 75.8 Å². The number of fused-ring (bicyclic) bond motifs is 5. The van der Waals surface area contributed by atoms with Crippen LogP contribution in [-0.4, -0.2) is 136 Å². The summed E-state index contributed by atoms with van der Waals surface area (Å²) >= 11 is 17.2. The first-order chi connectivity index (χ1) is 64.4. The summed E-state index contributed by atoms with van der Waals surface area (Å²) in [6.45, 7) is 7.63. The van der Waals surface area contributed by atoms with Crippen LogP contribution < -0.4 is 56.2 Å². The number of benzene rings is 6. The van der Waals surface area contributed by atoms with E-state index in [1.54, 1.807) is 74.3 Å². The molecule has 0 aliphatic rings. The van der Waals surface area contributed by atoms with Gasteiger partial charge in [0.25, 0.3) is 27.8 Å². The number of hydrogen-bond donors (Lipinski definition) is 1. The molecule has 0 amide bonds. The van der Waals surface area contributed by atoms with Gasteiger partial charge in [-0.05, 0) is 127 Å². The Balaban J connectivity index is 0.000000152. The fourth-order valence-corrected chi connectivity index (χ4v) is 17.4. The van der Waals surface area contributed by atoms with Crippen molar-refractivity contribution in [3.63, 3.8) is 0 Å². The van der Waals surface area contributed by atoms with Crippen molar-refractivity contribution in [2.24, 2.45) is 70.5 Å². The fraction of sp³-hybridized carbons (Fsp3) is 0.290. The predicted octanol–water partition coefficient (Wildman–Crippen LogP) is 8.68. The number of aliphatic hydroxyl groups is 1. The number of hydrogen-bond acceptors (Lipinski definition) is 22. The average Bonchev–Trinajstić information content (AvgIpc) is 1.63. The second-order valence-electron chi connectivity index (χ2n) is 31.1. The molecule has 42 heteroatoms. The number of aliphatic hydroxyl groups excluding tert-OH is 1. The molecule has 0 aliphatic carbocycles. The van der Waals surface area contributed by atoms with Crippen LogP contribution in [0.2, 0.25) is 0 Å². The lowest BCUT2D eigenvalue weighted by molar-refractivity contribution is -0.143.